The number of carbonyl (C=O) groups is 1. The van der Waals surface area contributed by atoms with Crippen LogP contribution in [0.4, 0.5) is 0 Å². The van der Waals surface area contributed by atoms with Crippen molar-refractivity contribution in [3.8, 4) is 5.75 Å². The van der Waals surface area contributed by atoms with Gasteiger partial charge in [0.15, 0.2) is 14.5 Å². The fraction of sp³-hybridized carbons (Fsp3) is 0.500. The molecule has 0 fully saturated rings. The lowest BCUT2D eigenvalue weighted by molar-refractivity contribution is -0.139. The first-order valence-corrected chi connectivity index (χ1v) is 15.0. The van der Waals surface area contributed by atoms with Crippen LogP contribution < -0.4 is 4.74 Å². The lowest BCUT2D eigenvalue weighted by atomic mass is 9.86. The van der Waals surface area contributed by atoms with E-state index in [9.17, 15) is 4.79 Å². The van der Waals surface area contributed by atoms with Crippen molar-refractivity contribution in [2.75, 3.05) is 7.11 Å². The molecule has 0 N–H and O–H groups in total. The molecule has 0 bridgehead atoms. The zero-order valence-corrected chi connectivity index (χ0v) is 23.6. The van der Waals surface area contributed by atoms with E-state index in [0.717, 1.165) is 22.2 Å². The quantitative estimate of drug-likeness (QED) is 0.286. The second-order valence-corrected chi connectivity index (χ2v) is 16.0. The van der Waals surface area contributed by atoms with Gasteiger partial charge in [0.2, 0.25) is 0 Å². The number of nitrogens with zero attached hydrogens (tertiary/aromatic N) is 2. The third-order valence-corrected chi connectivity index (χ3v) is 11.9. The van der Waals surface area contributed by atoms with E-state index in [-0.39, 0.29) is 10.8 Å². The minimum atomic E-state index is -2.04. The SMILES string of the molecule is CO[C@H](n1nc2c(OCc3ccccc3)cccc2c1CO[Si](C)(C)C(C)(C)C)C(C)(C)C(C)=O. The van der Waals surface area contributed by atoms with Crippen molar-refractivity contribution in [3.05, 3.63) is 59.8 Å². The zero-order valence-electron chi connectivity index (χ0n) is 22.6. The van der Waals surface area contributed by atoms with Crippen LogP contribution >= 0.6 is 0 Å². The van der Waals surface area contributed by atoms with Crippen molar-refractivity contribution in [1.29, 1.82) is 0 Å². The number of aromatic nitrogens is 2. The average molecular weight is 497 g/mol. The summed E-state index contributed by atoms with van der Waals surface area (Å²) in [7, 11) is -0.419. The third kappa shape index (κ3) is 5.68. The summed E-state index contributed by atoms with van der Waals surface area (Å²) in [6.45, 7) is 17.3. The molecular weight excluding hydrogens is 456 g/mol. The van der Waals surface area contributed by atoms with Crippen LogP contribution in [0.15, 0.2) is 48.5 Å². The Morgan fingerprint density at radius 2 is 1.66 bits per heavy atom. The van der Waals surface area contributed by atoms with E-state index < -0.39 is 20.0 Å². The maximum Gasteiger partial charge on any atom is 0.192 e. The molecule has 0 saturated heterocycles. The van der Waals surface area contributed by atoms with Gasteiger partial charge < -0.3 is 13.9 Å². The number of ether oxygens (including phenoxy) is 2. The maximum atomic E-state index is 12.6. The molecule has 190 valence electrons. The van der Waals surface area contributed by atoms with Gasteiger partial charge in [-0.15, -0.1) is 0 Å². The molecule has 0 aliphatic carbocycles. The van der Waals surface area contributed by atoms with Gasteiger partial charge in [-0.25, -0.2) is 4.68 Å². The Morgan fingerprint density at radius 3 is 2.23 bits per heavy atom. The summed E-state index contributed by atoms with van der Waals surface area (Å²) >= 11 is 0. The van der Waals surface area contributed by atoms with Gasteiger partial charge in [-0.3, -0.25) is 4.79 Å². The van der Waals surface area contributed by atoms with Crippen molar-refractivity contribution < 1.29 is 18.7 Å². The molecule has 0 radical (unpaired) electrons. The van der Waals surface area contributed by atoms with Gasteiger partial charge in [0.05, 0.1) is 17.7 Å². The molecule has 3 rings (SSSR count). The summed E-state index contributed by atoms with van der Waals surface area (Å²) in [5.74, 6) is 0.717. The molecule has 1 aromatic heterocycles. The maximum absolute atomic E-state index is 12.6. The monoisotopic (exact) mass is 496 g/mol. The molecule has 35 heavy (non-hydrogen) atoms. The fourth-order valence-electron chi connectivity index (χ4n) is 3.68. The molecule has 6 nitrogen and oxygen atoms in total. The lowest BCUT2D eigenvalue weighted by Crippen LogP contribution is -2.41. The second-order valence-electron chi connectivity index (χ2n) is 11.2. The number of hydrogen-bond acceptors (Lipinski definition) is 5. The summed E-state index contributed by atoms with van der Waals surface area (Å²) < 4.78 is 20.5. The molecule has 2 aromatic carbocycles. The van der Waals surface area contributed by atoms with Crippen LogP contribution in [0.25, 0.3) is 10.9 Å². The van der Waals surface area contributed by atoms with Gasteiger partial charge in [-0.05, 0) is 50.5 Å². The molecule has 3 aromatic rings. The highest BCUT2D eigenvalue weighted by atomic mass is 28.4. The predicted molar refractivity (Wildman–Crippen MR) is 143 cm³/mol. The summed E-state index contributed by atoms with van der Waals surface area (Å²) in [6.07, 6.45) is -0.590. The normalized spacial score (nSPS) is 13.7. The Morgan fingerprint density at radius 1 is 1.00 bits per heavy atom. The summed E-state index contributed by atoms with van der Waals surface area (Å²) in [4.78, 5) is 12.6. The highest BCUT2D eigenvalue weighted by Gasteiger charge is 2.40. The van der Waals surface area contributed by atoms with Crippen LogP contribution in [0.5, 0.6) is 5.75 Å². The molecule has 0 aliphatic rings. The molecule has 0 unspecified atom stereocenters. The number of fused-ring (bicyclic) bond motifs is 1. The summed E-state index contributed by atoms with van der Waals surface area (Å²) in [5.41, 5.74) is 1.92. The Bertz CT molecular complexity index is 1160. The number of benzene rings is 2. The van der Waals surface area contributed by atoms with Crippen LogP contribution in [0, 0.1) is 5.41 Å². The van der Waals surface area contributed by atoms with Crippen molar-refractivity contribution in [3.63, 3.8) is 0 Å². The number of carbonyl (C=O) groups excluding carboxylic acids is 1. The zero-order chi connectivity index (χ0) is 26.0. The van der Waals surface area contributed by atoms with E-state index in [1.807, 2.05) is 67.1 Å². The molecule has 7 heteroatoms. The van der Waals surface area contributed by atoms with Gasteiger partial charge in [0, 0.05) is 12.5 Å². The van der Waals surface area contributed by atoms with Crippen molar-refractivity contribution >= 4 is 25.0 Å². The van der Waals surface area contributed by atoms with E-state index in [0.29, 0.717) is 19.0 Å². The van der Waals surface area contributed by atoms with Crippen LogP contribution in [0.3, 0.4) is 0 Å². The smallest absolute Gasteiger partial charge is 0.192 e. The van der Waals surface area contributed by atoms with Gasteiger partial charge in [-0.2, -0.15) is 5.10 Å². The molecule has 0 spiro atoms. The first-order chi connectivity index (χ1) is 16.3. The van der Waals surface area contributed by atoms with Gasteiger partial charge in [-0.1, -0.05) is 63.2 Å². The lowest BCUT2D eigenvalue weighted by Gasteiger charge is -2.37. The Hall–Kier alpha value is -2.48. The topological polar surface area (TPSA) is 62.6 Å². The molecule has 0 aliphatic heterocycles. The fourth-order valence-corrected chi connectivity index (χ4v) is 4.61. The number of hydrogen-bond donors (Lipinski definition) is 0. The minimum Gasteiger partial charge on any atom is -0.487 e. The Labute approximate surface area is 210 Å². The molecule has 1 heterocycles. The van der Waals surface area contributed by atoms with E-state index in [1.54, 1.807) is 14.0 Å². The van der Waals surface area contributed by atoms with Crippen LogP contribution in [-0.2, 0) is 27.2 Å². The highest BCUT2D eigenvalue weighted by molar-refractivity contribution is 6.74. The molecule has 0 saturated carbocycles. The molecular formula is C28H40N2O4Si. The summed E-state index contributed by atoms with van der Waals surface area (Å²) in [6, 6.07) is 16.0. The number of rotatable bonds is 10. The van der Waals surface area contributed by atoms with E-state index in [2.05, 4.69) is 33.9 Å². The van der Waals surface area contributed by atoms with E-state index in [4.69, 9.17) is 19.0 Å². The van der Waals surface area contributed by atoms with Crippen molar-refractivity contribution in [2.24, 2.45) is 5.41 Å². The average Bonchev–Trinajstić information content (AvgIpc) is 3.15. The standard InChI is InChI=1S/C28H40N2O4Si/c1-20(31)28(5,6)26(32-7)30-23(19-34-35(8,9)27(2,3)4)22-16-13-17-24(25(22)29-30)33-18-21-14-11-10-12-15-21/h10-17,26H,18-19H2,1-9H3/t26-/m0/s1. The van der Waals surface area contributed by atoms with Gasteiger partial charge in [0.1, 0.15) is 23.7 Å². The summed E-state index contributed by atoms with van der Waals surface area (Å²) in [5, 5.41) is 5.96. The van der Waals surface area contributed by atoms with Crippen molar-refractivity contribution in [2.45, 2.75) is 79.1 Å². The number of Topliss-reactive ketones (excluding diaryl/α,β-unsaturated/α-hetero) is 1. The second kappa shape index (κ2) is 10.2. The molecule has 1 atom stereocenters. The van der Waals surface area contributed by atoms with Gasteiger partial charge in [0.25, 0.3) is 0 Å². The first kappa shape index (κ1) is 27.1. The van der Waals surface area contributed by atoms with Gasteiger partial charge >= 0.3 is 0 Å². The Kier molecular flexibility index (Phi) is 7.94. The first-order valence-electron chi connectivity index (χ1n) is 12.1. The highest BCUT2D eigenvalue weighted by Crippen LogP contribution is 2.40. The number of methoxy groups -OCH3 is 1. The number of ketones is 1. The molecule has 0 amide bonds. The van der Waals surface area contributed by atoms with Crippen LogP contribution in [0.1, 0.15) is 59.0 Å². The Balaban J connectivity index is 2.10. The third-order valence-electron chi connectivity index (χ3n) is 7.38. The van der Waals surface area contributed by atoms with Crippen molar-refractivity contribution in [1.82, 2.24) is 9.78 Å². The van der Waals surface area contributed by atoms with E-state index >= 15 is 0 Å². The predicted octanol–water partition coefficient (Wildman–Crippen LogP) is 6.90. The van der Waals surface area contributed by atoms with Crippen LogP contribution in [0.2, 0.25) is 18.1 Å². The van der Waals surface area contributed by atoms with E-state index in [1.165, 1.54) is 0 Å². The largest absolute Gasteiger partial charge is 0.487 e. The minimum absolute atomic E-state index is 0.0284. The van der Waals surface area contributed by atoms with Crippen LogP contribution in [-0.4, -0.2) is 31.0 Å².